The topological polar surface area (TPSA) is 66.5 Å². The molecule has 3 amide bonds. The molecule has 0 aromatic heterocycles. The van der Waals surface area contributed by atoms with E-state index < -0.39 is 0 Å². The zero-order valence-electron chi connectivity index (χ0n) is 17.1. The van der Waals surface area contributed by atoms with Crippen molar-refractivity contribution in [3.8, 4) is 0 Å². The molecule has 0 saturated heterocycles. The highest BCUT2D eigenvalue weighted by Crippen LogP contribution is 2.32. The fraction of sp³-hybridized carbons (Fsp3) is 0.375. The molecular formula is C24H26N2O3. The predicted molar refractivity (Wildman–Crippen MR) is 112 cm³/mol. The molecule has 1 saturated carbocycles. The summed E-state index contributed by atoms with van der Waals surface area (Å²) < 4.78 is 0. The Bertz CT molecular complexity index is 1010. The van der Waals surface area contributed by atoms with E-state index in [0.29, 0.717) is 28.3 Å². The second-order valence-electron chi connectivity index (χ2n) is 8.34. The van der Waals surface area contributed by atoms with Crippen LogP contribution in [-0.4, -0.2) is 23.8 Å². The van der Waals surface area contributed by atoms with Gasteiger partial charge in [-0.2, -0.15) is 0 Å². The molecule has 1 fully saturated rings. The Balaban J connectivity index is 1.61. The van der Waals surface area contributed by atoms with Crippen LogP contribution in [0.1, 0.15) is 74.8 Å². The number of carbonyl (C=O) groups is 3. The molecule has 5 heteroatoms. The maximum absolute atomic E-state index is 13.1. The molecule has 2 aliphatic rings. The fourth-order valence-corrected chi connectivity index (χ4v) is 4.34. The van der Waals surface area contributed by atoms with Crippen LogP contribution in [0.3, 0.4) is 0 Å². The van der Waals surface area contributed by atoms with Gasteiger partial charge in [-0.25, -0.2) is 4.90 Å². The quantitative estimate of drug-likeness (QED) is 0.790. The van der Waals surface area contributed by atoms with Crippen LogP contribution < -0.4 is 10.2 Å². The first-order valence-electron chi connectivity index (χ1n) is 10.3. The zero-order chi connectivity index (χ0) is 20.7. The molecule has 2 atom stereocenters. The van der Waals surface area contributed by atoms with Crippen molar-refractivity contribution in [3.05, 3.63) is 64.2 Å². The van der Waals surface area contributed by atoms with Gasteiger partial charge in [0.25, 0.3) is 17.7 Å². The minimum absolute atomic E-state index is 0.160. The molecule has 4 rings (SSSR count). The minimum atomic E-state index is -0.376. The van der Waals surface area contributed by atoms with Crippen molar-refractivity contribution < 1.29 is 14.4 Å². The van der Waals surface area contributed by atoms with Crippen molar-refractivity contribution in [1.82, 2.24) is 5.32 Å². The lowest BCUT2D eigenvalue weighted by molar-refractivity contribution is 0.0906. The Hall–Kier alpha value is -2.95. The maximum atomic E-state index is 13.1. The summed E-state index contributed by atoms with van der Waals surface area (Å²) in [5.41, 5.74) is 3.49. The first kappa shape index (κ1) is 19.4. The molecule has 0 radical (unpaired) electrons. The van der Waals surface area contributed by atoms with Gasteiger partial charge in [0.15, 0.2) is 0 Å². The van der Waals surface area contributed by atoms with E-state index in [0.717, 1.165) is 30.4 Å². The van der Waals surface area contributed by atoms with Gasteiger partial charge in [-0.15, -0.1) is 0 Å². The summed E-state index contributed by atoms with van der Waals surface area (Å²) in [4.78, 5) is 40.0. The number of hydrogen-bond donors (Lipinski definition) is 1. The molecule has 1 heterocycles. The Labute approximate surface area is 171 Å². The van der Waals surface area contributed by atoms with Gasteiger partial charge in [-0.1, -0.05) is 31.9 Å². The number of benzene rings is 2. The molecule has 0 bridgehead atoms. The van der Waals surface area contributed by atoms with Gasteiger partial charge in [0.2, 0.25) is 0 Å². The summed E-state index contributed by atoms with van der Waals surface area (Å²) in [6.07, 6.45) is 4.43. The van der Waals surface area contributed by atoms with Gasteiger partial charge in [-0.05, 0) is 68.0 Å². The second-order valence-corrected chi connectivity index (χ2v) is 8.34. The smallest absolute Gasteiger partial charge is 0.266 e. The standard InChI is InChI=1S/C24H26N2O3/c1-14-8-9-16(3)21(12-14)26-23(28)18-11-10-17(13-19(18)24(26)29)22(27)25-20-7-5-4-6-15(20)2/h8-13,15,20H,4-7H2,1-3H3,(H,25,27)/t15-,20-/m0/s1. The van der Waals surface area contributed by atoms with Crippen LogP contribution in [0.15, 0.2) is 36.4 Å². The highest BCUT2D eigenvalue weighted by molar-refractivity contribution is 6.35. The van der Waals surface area contributed by atoms with Crippen LogP contribution in [-0.2, 0) is 0 Å². The van der Waals surface area contributed by atoms with Crippen LogP contribution >= 0.6 is 0 Å². The molecule has 5 nitrogen and oxygen atoms in total. The third-order valence-corrected chi connectivity index (χ3v) is 6.18. The van der Waals surface area contributed by atoms with Crippen molar-refractivity contribution in [2.45, 2.75) is 52.5 Å². The van der Waals surface area contributed by atoms with Gasteiger partial charge < -0.3 is 5.32 Å². The second kappa shape index (κ2) is 7.47. The van der Waals surface area contributed by atoms with E-state index in [9.17, 15) is 14.4 Å². The summed E-state index contributed by atoms with van der Waals surface area (Å²) in [6.45, 7) is 5.97. The molecule has 0 unspecified atom stereocenters. The van der Waals surface area contributed by atoms with Gasteiger partial charge in [0, 0.05) is 11.6 Å². The molecule has 150 valence electrons. The van der Waals surface area contributed by atoms with Crippen molar-refractivity contribution in [2.24, 2.45) is 5.92 Å². The number of rotatable bonds is 3. The Kier molecular flexibility index (Phi) is 4.99. The van der Waals surface area contributed by atoms with E-state index >= 15 is 0 Å². The van der Waals surface area contributed by atoms with E-state index in [1.54, 1.807) is 18.2 Å². The van der Waals surface area contributed by atoms with E-state index in [-0.39, 0.29) is 23.8 Å². The average Bonchev–Trinajstić information content (AvgIpc) is 2.95. The van der Waals surface area contributed by atoms with E-state index in [1.807, 2.05) is 32.0 Å². The van der Waals surface area contributed by atoms with Gasteiger partial charge in [0.1, 0.15) is 0 Å². The number of imide groups is 1. The van der Waals surface area contributed by atoms with Crippen molar-refractivity contribution in [2.75, 3.05) is 4.90 Å². The number of nitrogens with zero attached hydrogens (tertiary/aromatic N) is 1. The molecule has 2 aromatic carbocycles. The largest absolute Gasteiger partial charge is 0.349 e. The van der Waals surface area contributed by atoms with Crippen LogP contribution in [0.5, 0.6) is 0 Å². The monoisotopic (exact) mass is 390 g/mol. The van der Waals surface area contributed by atoms with Crippen LogP contribution in [0, 0.1) is 19.8 Å². The van der Waals surface area contributed by atoms with Crippen LogP contribution in [0.2, 0.25) is 0 Å². The van der Waals surface area contributed by atoms with E-state index in [1.165, 1.54) is 11.3 Å². The Morgan fingerprint density at radius 3 is 2.45 bits per heavy atom. The highest BCUT2D eigenvalue weighted by atomic mass is 16.2. The molecule has 1 aliphatic heterocycles. The molecule has 0 spiro atoms. The fourth-order valence-electron chi connectivity index (χ4n) is 4.34. The lowest BCUT2D eigenvalue weighted by Gasteiger charge is -2.29. The molecule has 1 aliphatic carbocycles. The summed E-state index contributed by atoms with van der Waals surface area (Å²) in [5.74, 6) is -0.451. The first-order chi connectivity index (χ1) is 13.9. The third kappa shape index (κ3) is 3.46. The van der Waals surface area contributed by atoms with E-state index in [2.05, 4.69) is 12.2 Å². The van der Waals surface area contributed by atoms with Crippen LogP contribution in [0.4, 0.5) is 5.69 Å². The first-order valence-corrected chi connectivity index (χ1v) is 10.3. The van der Waals surface area contributed by atoms with Crippen molar-refractivity contribution in [1.29, 1.82) is 0 Å². The van der Waals surface area contributed by atoms with Crippen molar-refractivity contribution in [3.63, 3.8) is 0 Å². The summed E-state index contributed by atoms with van der Waals surface area (Å²) in [6, 6.07) is 10.6. The highest BCUT2D eigenvalue weighted by Gasteiger charge is 2.38. The number of fused-ring (bicyclic) bond motifs is 1. The third-order valence-electron chi connectivity index (χ3n) is 6.18. The molecule has 2 aromatic rings. The molecule has 29 heavy (non-hydrogen) atoms. The predicted octanol–water partition coefficient (Wildman–Crippen LogP) is 4.41. The minimum Gasteiger partial charge on any atom is -0.349 e. The molecular weight excluding hydrogens is 364 g/mol. The number of anilines is 1. The van der Waals surface area contributed by atoms with Gasteiger partial charge >= 0.3 is 0 Å². The van der Waals surface area contributed by atoms with Gasteiger partial charge in [0.05, 0.1) is 16.8 Å². The number of carbonyl (C=O) groups excluding carboxylic acids is 3. The van der Waals surface area contributed by atoms with Gasteiger partial charge in [-0.3, -0.25) is 14.4 Å². The normalized spacial score (nSPS) is 21.3. The summed E-state index contributed by atoms with van der Waals surface area (Å²) in [5, 5.41) is 3.11. The number of aryl methyl sites for hydroxylation is 2. The lowest BCUT2D eigenvalue weighted by atomic mass is 9.86. The SMILES string of the molecule is Cc1ccc(C)c(N2C(=O)c3ccc(C(=O)N[C@H]4CCCC[C@@H]4C)cc3C2=O)c1. The lowest BCUT2D eigenvalue weighted by Crippen LogP contribution is -2.41. The Morgan fingerprint density at radius 1 is 0.966 bits per heavy atom. The Morgan fingerprint density at radius 2 is 1.69 bits per heavy atom. The number of amides is 3. The zero-order valence-corrected chi connectivity index (χ0v) is 17.1. The van der Waals surface area contributed by atoms with Crippen molar-refractivity contribution >= 4 is 23.4 Å². The average molecular weight is 390 g/mol. The van der Waals surface area contributed by atoms with E-state index in [4.69, 9.17) is 0 Å². The molecule has 1 N–H and O–H groups in total. The van der Waals surface area contributed by atoms with Crippen LogP contribution in [0.25, 0.3) is 0 Å². The number of hydrogen-bond acceptors (Lipinski definition) is 3. The summed E-state index contributed by atoms with van der Waals surface area (Å²) >= 11 is 0. The number of nitrogens with one attached hydrogen (secondary N) is 1. The summed E-state index contributed by atoms with van der Waals surface area (Å²) in [7, 11) is 0. The maximum Gasteiger partial charge on any atom is 0.266 e.